The van der Waals surface area contributed by atoms with Crippen LogP contribution in [-0.2, 0) is 28.3 Å². The van der Waals surface area contributed by atoms with Gasteiger partial charge in [0.15, 0.2) is 0 Å². The molecular weight excluding hydrogens is 547 g/mol. The maximum absolute atomic E-state index is 13.7. The Morgan fingerprint density at radius 3 is 2.19 bits per heavy atom. The number of hydrogen-bond donors (Lipinski definition) is 1. The lowest BCUT2D eigenvalue weighted by atomic mass is 10.0. The van der Waals surface area contributed by atoms with Crippen LogP contribution in [0.25, 0.3) is 0 Å². The van der Waals surface area contributed by atoms with E-state index in [9.17, 15) is 9.59 Å². The van der Waals surface area contributed by atoms with Crippen molar-refractivity contribution in [3.63, 3.8) is 0 Å². The molecule has 0 saturated heterocycles. The molecular formula is C29H31Cl3N2O2S. The predicted molar refractivity (Wildman–Crippen MR) is 156 cm³/mol. The molecule has 0 aliphatic rings. The van der Waals surface area contributed by atoms with E-state index in [2.05, 4.69) is 5.32 Å². The summed E-state index contributed by atoms with van der Waals surface area (Å²) in [4.78, 5) is 28.9. The minimum atomic E-state index is -0.718. The molecule has 0 aliphatic heterocycles. The fourth-order valence-electron chi connectivity index (χ4n) is 3.79. The van der Waals surface area contributed by atoms with E-state index in [4.69, 9.17) is 34.8 Å². The molecule has 0 saturated carbocycles. The fraction of sp³-hybridized carbons (Fsp3) is 0.310. The van der Waals surface area contributed by atoms with E-state index in [0.717, 1.165) is 16.7 Å². The van der Waals surface area contributed by atoms with Crippen molar-refractivity contribution in [2.75, 3.05) is 5.75 Å². The summed E-state index contributed by atoms with van der Waals surface area (Å²) >= 11 is 20.2. The van der Waals surface area contributed by atoms with Gasteiger partial charge in [-0.15, -0.1) is 11.8 Å². The van der Waals surface area contributed by atoms with Gasteiger partial charge in [-0.2, -0.15) is 0 Å². The van der Waals surface area contributed by atoms with Crippen molar-refractivity contribution in [1.29, 1.82) is 0 Å². The Morgan fingerprint density at radius 2 is 1.54 bits per heavy atom. The highest BCUT2D eigenvalue weighted by atomic mass is 35.5. The second-order valence-corrected chi connectivity index (χ2v) is 12.0. The third kappa shape index (κ3) is 9.26. The van der Waals surface area contributed by atoms with Crippen molar-refractivity contribution in [3.05, 3.63) is 105 Å². The summed E-state index contributed by atoms with van der Waals surface area (Å²) < 4.78 is 0. The first-order valence-electron chi connectivity index (χ1n) is 11.9. The minimum Gasteiger partial charge on any atom is -0.350 e. The number of amides is 2. The average Bonchev–Trinajstić information content (AvgIpc) is 2.84. The molecule has 8 heteroatoms. The molecule has 3 rings (SSSR count). The van der Waals surface area contributed by atoms with Crippen LogP contribution in [0.2, 0.25) is 15.1 Å². The largest absolute Gasteiger partial charge is 0.350 e. The van der Waals surface area contributed by atoms with Gasteiger partial charge in [-0.05, 0) is 55.7 Å². The number of rotatable bonds is 10. The number of nitrogens with one attached hydrogen (secondary N) is 1. The molecule has 37 heavy (non-hydrogen) atoms. The standard InChI is InChI=1S/C29H31Cl3N2O2S/c1-29(2,3)33-28(36)26(16-20-9-5-4-6-10-20)34(17-21-13-14-24(31)25(32)15-21)27(35)19-37-18-22-11-7-8-12-23(22)30/h4-15,26H,16-19H2,1-3H3,(H,33,36). The van der Waals surface area contributed by atoms with Crippen molar-refractivity contribution < 1.29 is 9.59 Å². The summed E-state index contributed by atoms with van der Waals surface area (Å²) in [6.45, 7) is 6.00. The van der Waals surface area contributed by atoms with E-state index in [-0.39, 0.29) is 24.1 Å². The lowest BCUT2D eigenvalue weighted by Crippen LogP contribution is -2.54. The van der Waals surface area contributed by atoms with Crippen LogP contribution in [0.5, 0.6) is 0 Å². The Kier molecular flexibility index (Phi) is 10.8. The number of thioether (sulfide) groups is 1. The van der Waals surface area contributed by atoms with Gasteiger partial charge in [0.05, 0.1) is 15.8 Å². The van der Waals surface area contributed by atoms with Gasteiger partial charge in [-0.1, -0.05) is 89.4 Å². The molecule has 3 aromatic rings. The third-order valence-corrected chi connectivity index (χ3v) is 7.62. The van der Waals surface area contributed by atoms with Crippen molar-refractivity contribution in [1.82, 2.24) is 10.2 Å². The second-order valence-electron chi connectivity index (χ2n) is 9.80. The van der Waals surface area contributed by atoms with Crippen LogP contribution in [0.1, 0.15) is 37.5 Å². The molecule has 1 N–H and O–H groups in total. The zero-order chi connectivity index (χ0) is 27.0. The summed E-state index contributed by atoms with van der Waals surface area (Å²) in [5, 5.41) is 4.57. The van der Waals surface area contributed by atoms with Gasteiger partial charge >= 0.3 is 0 Å². The fourth-order valence-corrected chi connectivity index (χ4v) is 5.30. The van der Waals surface area contributed by atoms with Gasteiger partial charge in [0.1, 0.15) is 6.04 Å². The van der Waals surface area contributed by atoms with Crippen molar-refractivity contribution in [3.8, 4) is 0 Å². The Balaban J connectivity index is 1.90. The molecule has 0 aliphatic carbocycles. The van der Waals surface area contributed by atoms with Gasteiger partial charge in [0.2, 0.25) is 11.8 Å². The highest BCUT2D eigenvalue weighted by molar-refractivity contribution is 7.99. The van der Waals surface area contributed by atoms with E-state index >= 15 is 0 Å². The van der Waals surface area contributed by atoms with Crippen LogP contribution < -0.4 is 5.32 Å². The van der Waals surface area contributed by atoms with E-state index in [1.54, 1.807) is 17.0 Å². The first-order valence-corrected chi connectivity index (χ1v) is 14.2. The molecule has 3 aromatic carbocycles. The Morgan fingerprint density at radius 1 is 0.865 bits per heavy atom. The van der Waals surface area contributed by atoms with Crippen LogP contribution in [0.4, 0.5) is 0 Å². The van der Waals surface area contributed by atoms with Crippen LogP contribution in [-0.4, -0.2) is 34.0 Å². The SMILES string of the molecule is CC(C)(C)NC(=O)C(Cc1ccccc1)N(Cc1ccc(Cl)c(Cl)c1)C(=O)CSCc1ccccc1Cl. The van der Waals surface area contributed by atoms with E-state index in [0.29, 0.717) is 27.2 Å². The van der Waals surface area contributed by atoms with Crippen LogP contribution in [0.15, 0.2) is 72.8 Å². The molecule has 0 spiro atoms. The number of carbonyl (C=O) groups excluding carboxylic acids is 2. The number of carbonyl (C=O) groups is 2. The number of benzene rings is 3. The first kappa shape index (κ1) is 29.4. The number of nitrogens with zero attached hydrogens (tertiary/aromatic N) is 1. The molecule has 196 valence electrons. The van der Waals surface area contributed by atoms with Crippen molar-refractivity contribution in [2.45, 2.75) is 51.1 Å². The maximum Gasteiger partial charge on any atom is 0.243 e. The number of halogens is 3. The smallest absolute Gasteiger partial charge is 0.243 e. The van der Waals surface area contributed by atoms with Gasteiger partial charge in [0, 0.05) is 29.3 Å². The molecule has 0 fully saturated rings. The molecule has 0 bridgehead atoms. The van der Waals surface area contributed by atoms with Crippen LogP contribution in [0, 0.1) is 0 Å². The van der Waals surface area contributed by atoms with Crippen molar-refractivity contribution in [2.24, 2.45) is 0 Å². The quantitative estimate of drug-likeness (QED) is 0.272. The summed E-state index contributed by atoms with van der Waals surface area (Å²) in [6.07, 6.45) is 0.380. The molecule has 0 radical (unpaired) electrons. The van der Waals surface area contributed by atoms with Gasteiger partial charge < -0.3 is 10.2 Å². The van der Waals surface area contributed by atoms with E-state index in [1.165, 1.54) is 11.8 Å². The minimum absolute atomic E-state index is 0.145. The van der Waals surface area contributed by atoms with Crippen LogP contribution >= 0.6 is 46.6 Å². The predicted octanol–water partition coefficient (Wildman–Crippen LogP) is 7.43. The summed E-state index contributed by atoms with van der Waals surface area (Å²) in [5.74, 6) is 0.429. The summed E-state index contributed by atoms with van der Waals surface area (Å²) in [7, 11) is 0. The van der Waals surface area contributed by atoms with E-state index in [1.807, 2.05) is 81.4 Å². The van der Waals surface area contributed by atoms with Crippen molar-refractivity contribution >= 4 is 58.4 Å². The summed E-state index contributed by atoms with van der Waals surface area (Å²) in [5.41, 5.74) is 2.26. The lowest BCUT2D eigenvalue weighted by molar-refractivity contribution is -0.140. The molecule has 4 nitrogen and oxygen atoms in total. The zero-order valence-electron chi connectivity index (χ0n) is 21.1. The van der Waals surface area contributed by atoms with Gasteiger partial charge in [-0.25, -0.2) is 0 Å². The maximum atomic E-state index is 13.7. The monoisotopic (exact) mass is 576 g/mol. The number of hydrogen-bond acceptors (Lipinski definition) is 3. The molecule has 0 aromatic heterocycles. The Bertz CT molecular complexity index is 1220. The normalized spacial score (nSPS) is 12.2. The highest BCUT2D eigenvalue weighted by Crippen LogP contribution is 2.26. The first-order chi connectivity index (χ1) is 17.5. The highest BCUT2D eigenvalue weighted by Gasteiger charge is 2.32. The Labute approximate surface area is 238 Å². The zero-order valence-corrected chi connectivity index (χ0v) is 24.2. The second kappa shape index (κ2) is 13.6. The van der Waals surface area contributed by atoms with Gasteiger partial charge in [-0.3, -0.25) is 9.59 Å². The third-order valence-electron chi connectivity index (χ3n) is 5.55. The average molecular weight is 578 g/mol. The topological polar surface area (TPSA) is 49.4 Å². The lowest BCUT2D eigenvalue weighted by Gasteiger charge is -2.34. The molecule has 1 atom stereocenters. The molecule has 1 unspecified atom stereocenters. The van der Waals surface area contributed by atoms with E-state index < -0.39 is 11.6 Å². The van der Waals surface area contributed by atoms with Crippen LogP contribution in [0.3, 0.4) is 0 Å². The molecule has 2 amide bonds. The summed E-state index contributed by atoms with van der Waals surface area (Å²) in [6, 6.07) is 21.8. The molecule has 0 heterocycles. The Hall–Kier alpha value is -2.18. The van der Waals surface area contributed by atoms with Gasteiger partial charge in [0.25, 0.3) is 0 Å².